The lowest BCUT2D eigenvalue weighted by molar-refractivity contribution is 0.142. The topological polar surface area (TPSA) is 79.4 Å². The summed E-state index contributed by atoms with van der Waals surface area (Å²) in [5.41, 5.74) is 1.25. The van der Waals surface area contributed by atoms with Gasteiger partial charge in [-0.2, -0.15) is 0 Å². The number of carboxylic acid groups (broad SMARTS) is 1. The fourth-order valence-electron chi connectivity index (χ4n) is 1.94. The predicted octanol–water partition coefficient (Wildman–Crippen LogP) is 2.71. The Labute approximate surface area is 103 Å². The third-order valence-electron chi connectivity index (χ3n) is 2.68. The Hall–Kier alpha value is -2.30. The van der Waals surface area contributed by atoms with E-state index in [0.29, 0.717) is 10.9 Å². The number of benzene rings is 1. The highest BCUT2D eigenvalue weighted by atomic mass is 16.7. The normalized spacial score (nSPS) is 10.8. The zero-order valence-electron chi connectivity index (χ0n) is 10.1. The number of hydrogen-bond donors (Lipinski definition) is 2. The largest absolute Gasteiger partial charge is 0.512 e. The summed E-state index contributed by atoms with van der Waals surface area (Å²) in [6.45, 7) is 3.99. The molecule has 0 radical (unpaired) electrons. The van der Waals surface area contributed by atoms with Crippen molar-refractivity contribution in [2.45, 2.75) is 19.8 Å². The first-order valence-electron chi connectivity index (χ1n) is 5.55. The van der Waals surface area contributed by atoms with Crippen LogP contribution in [0.4, 0.5) is 4.79 Å². The maximum atomic E-state index is 12.0. The van der Waals surface area contributed by atoms with E-state index in [4.69, 9.17) is 5.11 Å². The summed E-state index contributed by atoms with van der Waals surface area (Å²) < 4.78 is 4.46. The maximum Gasteiger partial charge on any atom is 0.512 e. The van der Waals surface area contributed by atoms with Crippen molar-refractivity contribution in [2.24, 2.45) is 0 Å². The molecular weight excluding hydrogens is 234 g/mol. The van der Waals surface area contributed by atoms with E-state index < -0.39 is 6.16 Å². The molecular formula is C13H13NO4. The van der Waals surface area contributed by atoms with Crippen LogP contribution in [0, 0.1) is 0 Å². The molecule has 18 heavy (non-hydrogen) atoms. The molecule has 5 heteroatoms. The molecule has 1 aromatic carbocycles. The number of H-pyrrole nitrogens is 1. The molecule has 0 saturated heterocycles. The average molecular weight is 247 g/mol. The molecule has 1 aromatic heterocycles. The van der Waals surface area contributed by atoms with Gasteiger partial charge in [0.15, 0.2) is 5.43 Å². The van der Waals surface area contributed by atoms with Gasteiger partial charge in [0.1, 0.15) is 0 Å². The van der Waals surface area contributed by atoms with Gasteiger partial charge in [0.25, 0.3) is 0 Å². The Morgan fingerprint density at radius 1 is 1.39 bits per heavy atom. The van der Waals surface area contributed by atoms with Crippen LogP contribution in [0.25, 0.3) is 10.9 Å². The molecule has 0 saturated carbocycles. The van der Waals surface area contributed by atoms with Crippen molar-refractivity contribution in [1.82, 2.24) is 4.98 Å². The molecule has 0 aliphatic heterocycles. The molecule has 0 spiro atoms. The lowest BCUT2D eigenvalue weighted by Crippen LogP contribution is -2.10. The van der Waals surface area contributed by atoms with Crippen molar-refractivity contribution in [3.05, 3.63) is 40.1 Å². The highest BCUT2D eigenvalue weighted by Crippen LogP contribution is 2.22. The molecule has 2 rings (SSSR count). The summed E-state index contributed by atoms with van der Waals surface area (Å²) >= 11 is 0. The Morgan fingerprint density at radius 3 is 2.72 bits per heavy atom. The minimum absolute atomic E-state index is 0.0686. The Kier molecular flexibility index (Phi) is 3.06. The number of fused-ring (bicyclic) bond motifs is 1. The van der Waals surface area contributed by atoms with Gasteiger partial charge in [-0.25, -0.2) is 4.79 Å². The van der Waals surface area contributed by atoms with Crippen LogP contribution < -0.4 is 10.2 Å². The van der Waals surface area contributed by atoms with Crippen molar-refractivity contribution in [3.63, 3.8) is 0 Å². The van der Waals surface area contributed by atoms with Crippen LogP contribution in [0.15, 0.2) is 29.1 Å². The monoisotopic (exact) mass is 247 g/mol. The van der Waals surface area contributed by atoms with E-state index in [-0.39, 0.29) is 17.2 Å². The quantitative estimate of drug-likeness (QED) is 0.799. The highest BCUT2D eigenvalue weighted by molar-refractivity contribution is 5.83. The number of pyridine rings is 1. The number of nitrogens with one attached hydrogen (secondary N) is 1. The third kappa shape index (κ3) is 2.20. The molecule has 0 aliphatic carbocycles. The molecule has 2 N–H and O–H groups in total. The van der Waals surface area contributed by atoms with E-state index in [9.17, 15) is 9.59 Å². The van der Waals surface area contributed by atoms with E-state index >= 15 is 0 Å². The van der Waals surface area contributed by atoms with Crippen molar-refractivity contribution in [2.75, 3.05) is 0 Å². The van der Waals surface area contributed by atoms with E-state index in [2.05, 4.69) is 9.72 Å². The molecule has 0 bridgehead atoms. The zero-order valence-corrected chi connectivity index (χ0v) is 10.1. The first kappa shape index (κ1) is 12.2. The van der Waals surface area contributed by atoms with Crippen molar-refractivity contribution >= 4 is 17.1 Å². The third-order valence-corrected chi connectivity index (χ3v) is 2.68. The summed E-state index contributed by atoms with van der Waals surface area (Å²) in [6.07, 6.45) is -1.45. The van der Waals surface area contributed by atoms with E-state index in [1.165, 1.54) is 0 Å². The summed E-state index contributed by atoms with van der Waals surface area (Å²) in [5, 5.41) is 9.10. The number of aromatic nitrogens is 1. The van der Waals surface area contributed by atoms with Gasteiger partial charge in [-0.1, -0.05) is 26.0 Å². The zero-order chi connectivity index (χ0) is 13.3. The van der Waals surface area contributed by atoms with Crippen LogP contribution in [0.3, 0.4) is 0 Å². The second kappa shape index (κ2) is 4.52. The Bertz CT molecular complexity index is 658. The van der Waals surface area contributed by atoms with Gasteiger partial charge in [-0.3, -0.25) is 4.79 Å². The molecule has 1 heterocycles. The Balaban J connectivity index is 2.69. The molecule has 0 atom stereocenters. The van der Waals surface area contributed by atoms with E-state index in [1.807, 2.05) is 26.0 Å². The maximum absolute atomic E-state index is 12.0. The molecule has 0 amide bonds. The van der Waals surface area contributed by atoms with E-state index in [1.54, 1.807) is 6.07 Å². The molecule has 94 valence electrons. The van der Waals surface area contributed by atoms with Gasteiger partial charge in [-0.15, -0.1) is 0 Å². The lowest BCUT2D eigenvalue weighted by atomic mass is 9.98. The summed E-state index contributed by atoms with van der Waals surface area (Å²) in [7, 11) is 0. The van der Waals surface area contributed by atoms with Gasteiger partial charge in [0.05, 0.1) is 5.52 Å². The predicted molar refractivity (Wildman–Crippen MR) is 67.3 cm³/mol. The van der Waals surface area contributed by atoms with Gasteiger partial charge in [-0.05, 0) is 17.5 Å². The van der Waals surface area contributed by atoms with Gasteiger partial charge < -0.3 is 14.8 Å². The van der Waals surface area contributed by atoms with Crippen LogP contribution in [0.1, 0.15) is 25.3 Å². The van der Waals surface area contributed by atoms with Crippen LogP contribution in [0.2, 0.25) is 0 Å². The van der Waals surface area contributed by atoms with Crippen LogP contribution in [0.5, 0.6) is 5.88 Å². The molecule has 0 aliphatic rings. The van der Waals surface area contributed by atoms with E-state index in [0.717, 1.165) is 11.6 Å². The Morgan fingerprint density at radius 2 is 2.11 bits per heavy atom. The summed E-state index contributed by atoms with van der Waals surface area (Å²) in [5.74, 6) is 0.141. The van der Waals surface area contributed by atoms with Crippen molar-refractivity contribution in [3.8, 4) is 5.88 Å². The SMILES string of the molecule is CC(C)c1cccc2[nH]c(OC(=O)O)cc(=O)c12. The first-order chi connectivity index (χ1) is 8.49. The molecule has 0 fully saturated rings. The summed E-state index contributed by atoms with van der Waals surface area (Å²) in [4.78, 5) is 25.3. The number of rotatable bonds is 2. The van der Waals surface area contributed by atoms with Crippen molar-refractivity contribution in [1.29, 1.82) is 0 Å². The average Bonchev–Trinajstić information content (AvgIpc) is 2.26. The number of aromatic amines is 1. The van der Waals surface area contributed by atoms with Gasteiger partial charge >= 0.3 is 6.16 Å². The van der Waals surface area contributed by atoms with Gasteiger partial charge in [0, 0.05) is 11.5 Å². The highest BCUT2D eigenvalue weighted by Gasteiger charge is 2.11. The number of ether oxygens (including phenoxy) is 1. The number of carbonyl (C=O) groups is 1. The second-order valence-corrected chi connectivity index (χ2v) is 4.29. The fraction of sp³-hybridized carbons (Fsp3) is 0.231. The van der Waals surface area contributed by atoms with Gasteiger partial charge in [0.2, 0.25) is 5.88 Å². The van der Waals surface area contributed by atoms with Crippen LogP contribution in [-0.2, 0) is 0 Å². The minimum atomic E-state index is -1.45. The number of hydrogen-bond acceptors (Lipinski definition) is 3. The van der Waals surface area contributed by atoms with Crippen molar-refractivity contribution < 1.29 is 14.6 Å². The molecule has 5 nitrogen and oxygen atoms in total. The van der Waals surface area contributed by atoms with Crippen LogP contribution in [-0.4, -0.2) is 16.2 Å². The summed E-state index contributed by atoms with van der Waals surface area (Å²) in [6, 6.07) is 6.58. The molecule has 2 aromatic rings. The fourth-order valence-corrected chi connectivity index (χ4v) is 1.94. The second-order valence-electron chi connectivity index (χ2n) is 4.29. The smallest absolute Gasteiger partial charge is 0.449 e. The van der Waals surface area contributed by atoms with Crippen LogP contribution >= 0.6 is 0 Å². The lowest BCUT2D eigenvalue weighted by Gasteiger charge is -2.10. The first-order valence-corrected chi connectivity index (χ1v) is 5.55. The standard InChI is InChI=1S/C13H13NO4/c1-7(2)8-4-3-5-9-12(8)10(15)6-11(14-9)18-13(16)17/h3-7H,1-2H3,(H,14,15)(H,16,17). The minimum Gasteiger partial charge on any atom is -0.449 e. The molecule has 0 unspecified atom stereocenters.